The smallest absolute Gasteiger partial charge is 0.344 e. The Morgan fingerprint density at radius 1 is 1.40 bits per heavy atom. The van der Waals surface area contributed by atoms with Crippen LogP contribution in [0.15, 0.2) is 18.2 Å². The first kappa shape index (κ1) is 15.9. The Morgan fingerprint density at radius 2 is 2.10 bits per heavy atom. The number of benzene rings is 1. The SMILES string of the molecule is COCCCN(C)c1ccc([N+](=O)[O-])c(C(=O)OC)c1. The molecule has 0 aliphatic carbocycles. The fraction of sp³-hybridized carbons (Fsp3) is 0.462. The largest absolute Gasteiger partial charge is 0.465 e. The lowest BCUT2D eigenvalue weighted by molar-refractivity contribution is -0.385. The van der Waals surface area contributed by atoms with Gasteiger partial charge in [-0.25, -0.2) is 4.79 Å². The van der Waals surface area contributed by atoms with Crippen molar-refractivity contribution in [3.63, 3.8) is 0 Å². The van der Waals surface area contributed by atoms with E-state index in [0.717, 1.165) is 6.42 Å². The fourth-order valence-electron chi connectivity index (χ4n) is 1.77. The molecule has 1 aromatic carbocycles. The van der Waals surface area contributed by atoms with Crippen molar-refractivity contribution in [2.24, 2.45) is 0 Å². The molecule has 7 nitrogen and oxygen atoms in total. The van der Waals surface area contributed by atoms with E-state index in [-0.39, 0.29) is 11.3 Å². The molecule has 0 unspecified atom stereocenters. The molecular formula is C13H18N2O5. The second-order valence-electron chi connectivity index (χ2n) is 4.22. The van der Waals surface area contributed by atoms with Gasteiger partial charge in [0.2, 0.25) is 0 Å². The molecule has 7 heteroatoms. The van der Waals surface area contributed by atoms with E-state index >= 15 is 0 Å². The van der Waals surface area contributed by atoms with Crippen molar-refractivity contribution >= 4 is 17.3 Å². The molecule has 0 N–H and O–H groups in total. The lowest BCUT2D eigenvalue weighted by Crippen LogP contribution is -2.20. The van der Waals surface area contributed by atoms with Gasteiger partial charge < -0.3 is 14.4 Å². The minimum atomic E-state index is -0.719. The van der Waals surface area contributed by atoms with Crippen LogP contribution in [0.4, 0.5) is 11.4 Å². The van der Waals surface area contributed by atoms with Gasteiger partial charge >= 0.3 is 5.97 Å². The summed E-state index contributed by atoms with van der Waals surface area (Å²) >= 11 is 0. The van der Waals surface area contributed by atoms with E-state index in [2.05, 4.69) is 4.74 Å². The molecule has 20 heavy (non-hydrogen) atoms. The van der Waals surface area contributed by atoms with Gasteiger partial charge in [0.05, 0.1) is 12.0 Å². The highest BCUT2D eigenvalue weighted by Crippen LogP contribution is 2.25. The van der Waals surface area contributed by atoms with Crippen LogP contribution in [0.5, 0.6) is 0 Å². The van der Waals surface area contributed by atoms with E-state index in [4.69, 9.17) is 4.74 Å². The third kappa shape index (κ3) is 3.92. The number of ether oxygens (including phenoxy) is 2. The number of rotatable bonds is 7. The number of nitro groups is 1. The van der Waals surface area contributed by atoms with Crippen LogP contribution in [-0.2, 0) is 9.47 Å². The molecule has 0 aliphatic rings. The third-order valence-corrected chi connectivity index (χ3v) is 2.86. The lowest BCUT2D eigenvalue weighted by atomic mass is 10.1. The summed E-state index contributed by atoms with van der Waals surface area (Å²) in [5.74, 6) is -0.719. The number of hydrogen-bond acceptors (Lipinski definition) is 6. The summed E-state index contributed by atoms with van der Waals surface area (Å²) in [6, 6.07) is 4.39. The van der Waals surface area contributed by atoms with Crippen LogP contribution >= 0.6 is 0 Å². The van der Waals surface area contributed by atoms with Crippen LogP contribution < -0.4 is 4.90 Å². The topological polar surface area (TPSA) is 81.9 Å². The van der Waals surface area contributed by atoms with E-state index in [1.54, 1.807) is 13.2 Å². The van der Waals surface area contributed by atoms with Gasteiger partial charge in [-0.05, 0) is 18.6 Å². The minimum absolute atomic E-state index is 0.0476. The van der Waals surface area contributed by atoms with E-state index in [1.165, 1.54) is 19.2 Å². The maximum absolute atomic E-state index is 11.6. The summed E-state index contributed by atoms with van der Waals surface area (Å²) in [4.78, 5) is 23.8. The second-order valence-corrected chi connectivity index (χ2v) is 4.22. The number of nitro benzene ring substituents is 1. The first-order valence-electron chi connectivity index (χ1n) is 6.08. The fourth-order valence-corrected chi connectivity index (χ4v) is 1.77. The summed E-state index contributed by atoms with van der Waals surface area (Å²) in [6.07, 6.45) is 0.817. The Labute approximate surface area is 117 Å². The minimum Gasteiger partial charge on any atom is -0.465 e. The Balaban J connectivity index is 3.00. The molecule has 0 fully saturated rings. The number of anilines is 1. The van der Waals surface area contributed by atoms with Gasteiger partial charge in [-0.2, -0.15) is 0 Å². The zero-order valence-electron chi connectivity index (χ0n) is 11.8. The first-order chi connectivity index (χ1) is 9.51. The number of carbonyl (C=O) groups excluding carboxylic acids is 1. The number of methoxy groups -OCH3 is 2. The van der Waals surface area contributed by atoms with Crippen LogP contribution in [0, 0.1) is 10.1 Å². The van der Waals surface area contributed by atoms with Gasteiger partial charge in [-0.3, -0.25) is 10.1 Å². The van der Waals surface area contributed by atoms with Crippen molar-refractivity contribution in [3.05, 3.63) is 33.9 Å². The maximum Gasteiger partial charge on any atom is 0.344 e. The van der Waals surface area contributed by atoms with Gasteiger partial charge in [0.1, 0.15) is 5.56 Å². The van der Waals surface area contributed by atoms with Gasteiger partial charge in [0, 0.05) is 39.1 Å². The molecule has 110 valence electrons. The number of hydrogen-bond donors (Lipinski definition) is 0. The van der Waals surface area contributed by atoms with E-state index in [0.29, 0.717) is 18.8 Å². The van der Waals surface area contributed by atoms with E-state index < -0.39 is 10.9 Å². The lowest BCUT2D eigenvalue weighted by Gasteiger charge is -2.19. The maximum atomic E-state index is 11.6. The van der Waals surface area contributed by atoms with Crippen molar-refractivity contribution in [1.82, 2.24) is 0 Å². The highest BCUT2D eigenvalue weighted by Gasteiger charge is 2.21. The molecule has 1 rings (SSSR count). The zero-order valence-corrected chi connectivity index (χ0v) is 11.8. The van der Waals surface area contributed by atoms with Crippen molar-refractivity contribution in [3.8, 4) is 0 Å². The highest BCUT2D eigenvalue weighted by molar-refractivity contribution is 5.95. The van der Waals surface area contributed by atoms with Crippen LogP contribution in [-0.4, -0.2) is 45.3 Å². The second kappa shape index (κ2) is 7.44. The normalized spacial score (nSPS) is 10.2. The molecule has 0 amide bonds. The highest BCUT2D eigenvalue weighted by atomic mass is 16.6. The zero-order chi connectivity index (χ0) is 15.1. The van der Waals surface area contributed by atoms with Gasteiger partial charge in [0.15, 0.2) is 0 Å². The first-order valence-corrected chi connectivity index (χ1v) is 6.08. The molecular weight excluding hydrogens is 264 g/mol. The summed E-state index contributed by atoms with van der Waals surface area (Å²) < 4.78 is 9.55. The number of nitrogens with zero attached hydrogens (tertiary/aromatic N) is 2. The average Bonchev–Trinajstić information content (AvgIpc) is 2.45. The Bertz CT molecular complexity index is 490. The van der Waals surface area contributed by atoms with Crippen LogP contribution in [0.3, 0.4) is 0 Å². The van der Waals surface area contributed by atoms with Crippen molar-refractivity contribution in [2.45, 2.75) is 6.42 Å². The molecule has 0 bridgehead atoms. The van der Waals surface area contributed by atoms with E-state index in [9.17, 15) is 14.9 Å². The predicted octanol–water partition coefficient (Wildman–Crippen LogP) is 1.85. The van der Waals surface area contributed by atoms with Gasteiger partial charge in [0.25, 0.3) is 5.69 Å². The van der Waals surface area contributed by atoms with Crippen LogP contribution in [0.2, 0.25) is 0 Å². The molecule has 0 heterocycles. The van der Waals surface area contributed by atoms with Gasteiger partial charge in [-0.1, -0.05) is 0 Å². The number of esters is 1. The van der Waals surface area contributed by atoms with Crippen LogP contribution in [0.25, 0.3) is 0 Å². The Hall–Kier alpha value is -2.15. The Morgan fingerprint density at radius 3 is 2.65 bits per heavy atom. The van der Waals surface area contributed by atoms with Crippen molar-refractivity contribution in [1.29, 1.82) is 0 Å². The third-order valence-electron chi connectivity index (χ3n) is 2.86. The summed E-state index contributed by atoms with van der Waals surface area (Å²) in [5.41, 5.74) is 0.409. The molecule has 0 aliphatic heterocycles. The summed E-state index contributed by atoms with van der Waals surface area (Å²) in [7, 11) is 4.67. The summed E-state index contributed by atoms with van der Waals surface area (Å²) in [6.45, 7) is 1.34. The van der Waals surface area contributed by atoms with Gasteiger partial charge in [-0.15, -0.1) is 0 Å². The summed E-state index contributed by atoms with van der Waals surface area (Å²) in [5, 5.41) is 10.9. The van der Waals surface area contributed by atoms with E-state index in [1.807, 2.05) is 11.9 Å². The predicted molar refractivity (Wildman–Crippen MR) is 74.2 cm³/mol. The standard InChI is InChI=1S/C13H18N2O5/c1-14(7-4-8-19-2)10-5-6-12(15(17)18)11(9-10)13(16)20-3/h5-6,9H,4,7-8H2,1-3H3. The molecule has 0 saturated carbocycles. The van der Waals surface area contributed by atoms with Crippen molar-refractivity contribution in [2.75, 3.05) is 39.3 Å². The quantitative estimate of drug-likeness (QED) is 0.328. The Kier molecular flexibility index (Phi) is 5.92. The molecule has 0 aromatic heterocycles. The molecule has 1 aromatic rings. The monoisotopic (exact) mass is 282 g/mol. The molecule has 0 atom stereocenters. The average molecular weight is 282 g/mol. The molecule has 0 spiro atoms. The molecule has 0 radical (unpaired) electrons. The number of carbonyl (C=O) groups is 1. The molecule has 0 saturated heterocycles. The van der Waals surface area contributed by atoms with Crippen LogP contribution in [0.1, 0.15) is 16.8 Å². The van der Waals surface area contributed by atoms with Crippen molar-refractivity contribution < 1.29 is 19.2 Å².